The van der Waals surface area contributed by atoms with Crippen LogP contribution in [0.4, 0.5) is 0 Å². The van der Waals surface area contributed by atoms with Crippen molar-refractivity contribution >= 4 is 0 Å². The summed E-state index contributed by atoms with van der Waals surface area (Å²) in [7, 11) is 0. The molecule has 1 aliphatic rings. The van der Waals surface area contributed by atoms with Crippen LogP contribution in [0.15, 0.2) is 0 Å². The maximum absolute atomic E-state index is 4.12. The zero-order valence-corrected chi connectivity index (χ0v) is 11.0. The van der Waals surface area contributed by atoms with Gasteiger partial charge in [-0.25, -0.2) is 4.68 Å². The minimum absolute atomic E-state index is 0.330. The van der Waals surface area contributed by atoms with Crippen molar-refractivity contribution in [3.63, 3.8) is 0 Å². The largest absolute Gasteiger partial charge is 0.301 e. The maximum atomic E-state index is 4.12. The predicted molar refractivity (Wildman–Crippen MR) is 65.6 cm³/mol. The molecule has 0 unspecified atom stereocenters. The Balaban J connectivity index is 1.91. The van der Waals surface area contributed by atoms with Crippen LogP contribution in [0.2, 0.25) is 0 Å². The zero-order valence-electron chi connectivity index (χ0n) is 11.0. The molecule has 1 saturated heterocycles. The smallest absolute Gasteiger partial charge is 0.165 e. The van der Waals surface area contributed by atoms with Crippen molar-refractivity contribution in [2.45, 2.75) is 33.4 Å². The first kappa shape index (κ1) is 12.4. The van der Waals surface area contributed by atoms with Gasteiger partial charge in [0, 0.05) is 26.2 Å². The number of tetrazole rings is 1. The third kappa shape index (κ3) is 3.01. The molecule has 0 atom stereocenters. The van der Waals surface area contributed by atoms with E-state index >= 15 is 0 Å². The van der Waals surface area contributed by atoms with E-state index in [1.165, 1.54) is 0 Å². The van der Waals surface area contributed by atoms with Gasteiger partial charge in [0.15, 0.2) is 5.82 Å². The summed E-state index contributed by atoms with van der Waals surface area (Å²) in [6.45, 7) is 13.0. The average molecular weight is 238 g/mol. The van der Waals surface area contributed by atoms with Gasteiger partial charge in [-0.3, -0.25) is 4.90 Å². The van der Waals surface area contributed by atoms with Crippen molar-refractivity contribution in [1.29, 1.82) is 0 Å². The fourth-order valence-electron chi connectivity index (χ4n) is 2.18. The molecule has 0 saturated carbocycles. The highest BCUT2D eigenvalue weighted by atomic mass is 15.6. The highest BCUT2D eigenvalue weighted by Gasteiger charge is 2.18. The Kier molecular flexibility index (Phi) is 4.06. The molecule has 1 aromatic heterocycles. The summed E-state index contributed by atoms with van der Waals surface area (Å²) < 4.78 is 1.91. The molecule has 17 heavy (non-hydrogen) atoms. The minimum Gasteiger partial charge on any atom is -0.301 e. The van der Waals surface area contributed by atoms with Crippen LogP contribution in [-0.4, -0.2) is 62.7 Å². The number of hydrogen-bond donors (Lipinski definition) is 0. The van der Waals surface area contributed by atoms with Gasteiger partial charge in [0.1, 0.15) is 0 Å². The highest BCUT2D eigenvalue weighted by Crippen LogP contribution is 2.09. The molecule has 0 aromatic carbocycles. The van der Waals surface area contributed by atoms with Crippen molar-refractivity contribution in [2.75, 3.05) is 32.7 Å². The molecule has 6 heteroatoms. The molecule has 0 radical (unpaired) electrons. The molecule has 0 amide bonds. The van der Waals surface area contributed by atoms with Crippen molar-refractivity contribution in [3.8, 4) is 0 Å². The quantitative estimate of drug-likeness (QED) is 0.759. The number of nitrogens with zero attached hydrogens (tertiary/aromatic N) is 6. The van der Waals surface area contributed by atoms with Crippen molar-refractivity contribution in [3.05, 3.63) is 5.82 Å². The Morgan fingerprint density at radius 2 is 1.76 bits per heavy atom. The first-order valence-electron chi connectivity index (χ1n) is 6.42. The Hall–Kier alpha value is -1.01. The number of likely N-dealkylation sites (N-methyl/N-ethyl adjacent to an activating group) is 1. The van der Waals surface area contributed by atoms with E-state index in [9.17, 15) is 0 Å². The van der Waals surface area contributed by atoms with E-state index in [4.69, 9.17) is 0 Å². The molecule has 6 nitrogen and oxygen atoms in total. The SMILES string of the molecule is CCN1CCN(Cc2nnnn2C(C)C)CC1. The van der Waals surface area contributed by atoms with Crippen molar-refractivity contribution in [2.24, 2.45) is 0 Å². The van der Waals surface area contributed by atoms with Gasteiger partial charge in [-0.2, -0.15) is 0 Å². The summed E-state index contributed by atoms with van der Waals surface area (Å²) in [6, 6.07) is 0.330. The van der Waals surface area contributed by atoms with Gasteiger partial charge in [0.2, 0.25) is 0 Å². The lowest BCUT2D eigenvalue weighted by Crippen LogP contribution is -2.45. The second-order valence-corrected chi connectivity index (χ2v) is 4.84. The Morgan fingerprint density at radius 1 is 1.12 bits per heavy atom. The Morgan fingerprint density at radius 3 is 2.35 bits per heavy atom. The summed E-state index contributed by atoms with van der Waals surface area (Å²) >= 11 is 0. The lowest BCUT2D eigenvalue weighted by molar-refractivity contribution is 0.127. The summed E-state index contributed by atoms with van der Waals surface area (Å²) in [6.07, 6.45) is 0. The number of aromatic nitrogens is 4. The molecule has 1 aromatic rings. The average Bonchev–Trinajstić information content (AvgIpc) is 2.78. The lowest BCUT2D eigenvalue weighted by Gasteiger charge is -2.33. The molecular formula is C11H22N6. The standard InChI is InChI=1S/C11H22N6/c1-4-15-5-7-16(8-6-15)9-11-12-13-14-17(11)10(2)3/h10H,4-9H2,1-3H3. The fraction of sp³-hybridized carbons (Fsp3) is 0.909. The number of piperazine rings is 1. The lowest BCUT2D eigenvalue weighted by atomic mass is 10.3. The highest BCUT2D eigenvalue weighted by molar-refractivity contribution is 4.84. The molecule has 1 fully saturated rings. The summed E-state index contributed by atoms with van der Waals surface area (Å²) in [5, 5.41) is 11.9. The van der Waals surface area contributed by atoms with E-state index in [2.05, 4.69) is 46.1 Å². The van der Waals surface area contributed by atoms with Gasteiger partial charge >= 0.3 is 0 Å². The van der Waals surface area contributed by atoms with Crippen LogP contribution in [0.5, 0.6) is 0 Å². The van der Waals surface area contributed by atoms with Crippen LogP contribution in [-0.2, 0) is 6.54 Å². The van der Waals surface area contributed by atoms with Gasteiger partial charge in [0.05, 0.1) is 12.6 Å². The molecule has 1 aliphatic heterocycles. The van der Waals surface area contributed by atoms with Gasteiger partial charge in [-0.1, -0.05) is 6.92 Å². The van der Waals surface area contributed by atoms with E-state index in [1.54, 1.807) is 0 Å². The normalized spacial score (nSPS) is 19.1. The molecule has 0 spiro atoms. The zero-order chi connectivity index (χ0) is 12.3. The molecule has 2 heterocycles. The van der Waals surface area contributed by atoms with Gasteiger partial charge < -0.3 is 4.90 Å². The summed E-state index contributed by atoms with van der Waals surface area (Å²) in [5.74, 6) is 0.977. The number of rotatable bonds is 4. The molecule has 2 rings (SSSR count). The second-order valence-electron chi connectivity index (χ2n) is 4.84. The van der Waals surface area contributed by atoms with Gasteiger partial charge in [-0.05, 0) is 30.8 Å². The minimum atomic E-state index is 0.330. The maximum Gasteiger partial charge on any atom is 0.165 e. The van der Waals surface area contributed by atoms with Crippen LogP contribution < -0.4 is 0 Å². The second kappa shape index (κ2) is 5.55. The first-order valence-corrected chi connectivity index (χ1v) is 6.42. The van der Waals surface area contributed by atoms with Gasteiger partial charge in [0.25, 0.3) is 0 Å². The number of hydrogen-bond acceptors (Lipinski definition) is 5. The molecule has 96 valence electrons. The monoisotopic (exact) mass is 238 g/mol. The van der Waals surface area contributed by atoms with Crippen LogP contribution >= 0.6 is 0 Å². The van der Waals surface area contributed by atoms with Gasteiger partial charge in [-0.15, -0.1) is 5.10 Å². The summed E-state index contributed by atoms with van der Waals surface area (Å²) in [5.41, 5.74) is 0. The van der Waals surface area contributed by atoms with E-state index in [0.29, 0.717) is 6.04 Å². The van der Waals surface area contributed by atoms with Crippen LogP contribution in [0, 0.1) is 0 Å². The first-order chi connectivity index (χ1) is 8.20. The van der Waals surface area contributed by atoms with Crippen LogP contribution in [0.3, 0.4) is 0 Å². The molecular weight excluding hydrogens is 216 g/mol. The molecule has 0 aliphatic carbocycles. The van der Waals surface area contributed by atoms with Crippen molar-refractivity contribution < 1.29 is 0 Å². The third-order valence-corrected chi connectivity index (χ3v) is 3.33. The van der Waals surface area contributed by atoms with E-state index in [0.717, 1.165) is 45.1 Å². The van der Waals surface area contributed by atoms with E-state index < -0.39 is 0 Å². The molecule has 0 N–H and O–H groups in total. The summed E-state index contributed by atoms with van der Waals surface area (Å²) in [4.78, 5) is 4.90. The third-order valence-electron chi connectivity index (χ3n) is 3.33. The fourth-order valence-corrected chi connectivity index (χ4v) is 2.18. The Labute approximate surface area is 103 Å². The topological polar surface area (TPSA) is 50.1 Å². The van der Waals surface area contributed by atoms with Crippen molar-refractivity contribution in [1.82, 2.24) is 30.0 Å². The van der Waals surface area contributed by atoms with E-state index in [1.807, 2.05) is 4.68 Å². The van der Waals surface area contributed by atoms with E-state index in [-0.39, 0.29) is 0 Å². The van der Waals surface area contributed by atoms with Crippen LogP contribution in [0.1, 0.15) is 32.6 Å². The Bertz CT molecular complexity index is 339. The predicted octanol–water partition coefficient (Wildman–Crippen LogP) is 0.391. The van der Waals surface area contributed by atoms with Crippen LogP contribution in [0.25, 0.3) is 0 Å². The molecule has 0 bridgehead atoms.